The topological polar surface area (TPSA) is 43.6 Å². The minimum Gasteiger partial charge on any atom is -0.276 e. The number of nitrogens with zero attached hydrogens (tertiary/aromatic N) is 4. The number of hydrogen-bond donors (Lipinski definition) is 0. The lowest BCUT2D eigenvalue weighted by molar-refractivity contribution is 0.943. The van der Waals surface area contributed by atoms with Crippen molar-refractivity contribution in [1.29, 1.82) is 0 Å². The van der Waals surface area contributed by atoms with Gasteiger partial charge in [0.1, 0.15) is 12.7 Å². The van der Waals surface area contributed by atoms with Crippen LogP contribution in [-0.2, 0) is 0 Å². The molecule has 8 rings (SSSR count). The second-order valence-corrected chi connectivity index (χ2v) is 9.58. The summed E-state index contributed by atoms with van der Waals surface area (Å²) in [6, 6.07) is 30.5. The van der Waals surface area contributed by atoms with Crippen LogP contribution in [-0.4, -0.2) is 19.5 Å². The van der Waals surface area contributed by atoms with Crippen molar-refractivity contribution in [2.45, 2.75) is 0 Å². The quantitative estimate of drug-likeness (QED) is 0.257. The van der Waals surface area contributed by atoms with Gasteiger partial charge < -0.3 is 0 Å². The Hall–Kier alpha value is -4.35. The SMILES string of the molecule is c1ccc2c(c1)ccc1c3c4ccccc4c4c5ccccc5sc4c3n(-c3ncncn3)c21. The minimum atomic E-state index is 0.639. The molecule has 0 amide bonds. The number of rotatable bonds is 1. The Morgan fingerprint density at radius 1 is 0.559 bits per heavy atom. The number of benzene rings is 5. The molecule has 0 saturated carbocycles. The average molecular weight is 453 g/mol. The molecule has 3 heterocycles. The summed E-state index contributed by atoms with van der Waals surface area (Å²) < 4.78 is 4.79. The van der Waals surface area contributed by atoms with Crippen LogP contribution in [0.2, 0.25) is 0 Å². The van der Waals surface area contributed by atoms with Crippen molar-refractivity contribution in [3.63, 3.8) is 0 Å². The highest BCUT2D eigenvalue weighted by Crippen LogP contribution is 2.48. The summed E-state index contributed by atoms with van der Waals surface area (Å²) in [5.74, 6) is 0.639. The first-order valence-corrected chi connectivity index (χ1v) is 12.0. The molecule has 0 saturated heterocycles. The first kappa shape index (κ1) is 18.1. The molecule has 34 heavy (non-hydrogen) atoms. The van der Waals surface area contributed by atoms with Gasteiger partial charge in [-0.3, -0.25) is 4.57 Å². The van der Waals surface area contributed by atoms with Gasteiger partial charge in [-0.05, 0) is 22.2 Å². The summed E-state index contributed by atoms with van der Waals surface area (Å²) >= 11 is 1.84. The van der Waals surface area contributed by atoms with Crippen LogP contribution in [0.4, 0.5) is 0 Å². The zero-order valence-electron chi connectivity index (χ0n) is 17.9. The molecular formula is C29H16N4S. The lowest BCUT2D eigenvalue weighted by atomic mass is 9.98. The van der Waals surface area contributed by atoms with Crippen molar-refractivity contribution in [3.8, 4) is 5.95 Å². The minimum absolute atomic E-state index is 0.639. The molecule has 3 aromatic heterocycles. The van der Waals surface area contributed by atoms with E-state index < -0.39 is 0 Å². The van der Waals surface area contributed by atoms with Gasteiger partial charge in [-0.1, -0.05) is 78.9 Å². The van der Waals surface area contributed by atoms with E-state index in [-0.39, 0.29) is 0 Å². The van der Waals surface area contributed by atoms with E-state index >= 15 is 0 Å². The predicted octanol–water partition coefficient (Wildman–Crippen LogP) is 7.64. The summed E-state index contributed by atoms with van der Waals surface area (Å²) in [5.41, 5.74) is 2.29. The molecule has 0 radical (unpaired) electrons. The average Bonchev–Trinajstić information content (AvgIpc) is 3.46. The van der Waals surface area contributed by atoms with E-state index in [1.54, 1.807) is 12.7 Å². The van der Waals surface area contributed by atoms with E-state index in [9.17, 15) is 0 Å². The zero-order valence-corrected chi connectivity index (χ0v) is 18.8. The third kappa shape index (κ3) is 2.24. The van der Waals surface area contributed by atoms with Gasteiger partial charge in [0.2, 0.25) is 5.95 Å². The van der Waals surface area contributed by atoms with Gasteiger partial charge in [-0.2, -0.15) is 0 Å². The Balaban J connectivity index is 1.79. The van der Waals surface area contributed by atoms with Crippen molar-refractivity contribution in [1.82, 2.24) is 19.5 Å². The summed E-state index contributed by atoms with van der Waals surface area (Å²) in [4.78, 5) is 13.3. The Morgan fingerprint density at radius 2 is 1.24 bits per heavy atom. The maximum atomic E-state index is 4.61. The number of fused-ring (bicyclic) bond motifs is 12. The fraction of sp³-hybridized carbons (Fsp3) is 0. The van der Waals surface area contributed by atoms with Gasteiger partial charge in [0.25, 0.3) is 0 Å². The lowest BCUT2D eigenvalue weighted by Gasteiger charge is -2.09. The summed E-state index contributed by atoms with van der Waals surface area (Å²) in [7, 11) is 0. The van der Waals surface area contributed by atoms with Gasteiger partial charge in [-0.15, -0.1) is 11.3 Å². The van der Waals surface area contributed by atoms with Crippen LogP contribution in [0.1, 0.15) is 0 Å². The fourth-order valence-electron chi connectivity index (χ4n) is 5.48. The molecule has 0 bridgehead atoms. The van der Waals surface area contributed by atoms with E-state index in [4.69, 9.17) is 0 Å². The molecule has 4 nitrogen and oxygen atoms in total. The van der Waals surface area contributed by atoms with Gasteiger partial charge in [0.05, 0.1) is 15.7 Å². The Morgan fingerprint density at radius 3 is 2.06 bits per heavy atom. The molecule has 158 valence electrons. The van der Waals surface area contributed by atoms with Crippen molar-refractivity contribution in [2.24, 2.45) is 0 Å². The molecule has 0 aliphatic heterocycles. The molecule has 0 atom stereocenters. The van der Waals surface area contributed by atoms with Crippen molar-refractivity contribution in [3.05, 3.63) is 97.6 Å². The predicted molar refractivity (Wildman–Crippen MR) is 142 cm³/mol. The Labute approximate surface area is 197 Å². The Bertz CT molecular complexity index is 2070. The molecule has 8 aromatic rings. The lowest BCUT2D eigenvalue weighted by Crippen LogP contribution is -2.01. The van der Waals surface area contributed by atoms with Gasteiger partial charge in [0, 0.05) is 31.6 Å². The van der Waals surface area contributed by atoms with Crippen LogP contribution in [0.25, 0.3) is 69.5 Å². The Kier molecular flexibility index (Phi) is 3.51. The smallest absolute Gasteiger partial charge is 0.237 e. The molecule has 0 aliphatic rings. The van der Waals surface area contributed by atoms with E-state index in [1.165, 1.54) is 52.5 Å². The van der Waals surface area contributed by atoms with Crippen LogP contribution in [0.3, 0.4) is 0 Å². The largest absolute Gasteiger partial charge is 0.276 e. The van der Waals surface area contributed by atoms with E-state index in [2.05, 4.69) is 104 Å². The summed E-state index contributed by atoms with van der Waals surface area (Å²) in [6.07, 6.45) is 3.16. The first-order valence-electron chi connectivity index (χ1n) is 11.2. The third-order valence-electron chi connectivity index (χ3n) is 6.81. The van der Waals surface area contributed by atoms with Gasteiger partial charge in [-0.25, -0.2) is 15.0 Å². The van der Waals surface area contributed by atoms with Crippen molar-refractivity contribution < 1.29 is 0 Å². The zero-order chi connectivity index (χ0) is 22.2. The highest BCUT2D eigenvalue weighted by Gasteiger charge is 2.23. The summed E-state index contributed by atoms with van der Waals surface area (Å²) in [6.45, 7) is 0. The molecular weight excluding hydrogens is 436 g/mol. The monoisotopic (exact) mass is 452 g/mol. The molecule has 5 heteroatoms. The van der Waals surface area contributed by atoms with E-state index in [0.717, 1.165) is 11.0 Å². The fourth-order valence-corrected chi connectivity index (χ4v) is 6.74. The van der Waals surface area contributed by atoms with Gasteiger partial charge >= 0.3 is 0 Å². The molecule has 0 fully saturated rings. The molecule has 0 N–H and O–H groups in total. The number of hydrogen-bond acceptors (Lipinski definition) is 4. The number of thiophene rings is 1. The van der Waals surface area contributed by atoms with E-state index in [0.29, 0.717) is 5.95 Å². The van der Waals surface area contributed by atoms with Crippen molar-refractivity contribution >= 4 is 74.9 Å². The normalized spacial score (nSPS) is 12.1. The molecule has 5 aromatic carbocycles. The maximum absolute atomic E-state index is 4.61. The van der Waals surface area contributed by atoms with Crippen molar-refractivity contribution in [2.75, 3.05) is 0 Å². The first-order chi connectivity index (χ1) is 16.9. The molecule has 0 unspecified atom stereocenters. The summed E-state index contributed by atoms with van der Waals surface area (Å²) in [5, 5.41) is 9.97. The second-order valence-electron chi connectivity index (χ2n) is 8.53. The van der Waals surface area contributed by atoms with Gasteiger partial charge in [0.15, 0.2) is 0 Å². The third-order valence-corrected chi connectivity index (χ3v) is 7.99. The highest BCUT2D eigenvalue weighted by molar-refractivity contribution is 7.27. The second kappa shape index (κ2) is 6.59. The van der Waals surface area contributed by atoms with Crippen LogP contribution in [0.15, 0.2) is 97.6 Å². The molecule has 0 spiro atoms. The van der Waals surface area contributed by atoms with Crippen LogP contribution in [0.5, 0.6) is 0 Å². The standard InChI is InChI=1S/C29H16N4S/c1-2-8-18-17(7-1)13-14-22-24-19-9-3-4-10-20(19)25-21-11-5-6-12-23(21)34-28(25)27(24)33(26(18)22)29-31-15-30-16-32-29/h1-16H. The maximum Gasteiger partial charge on any atom is 0.237 e. The van der Waals surface area contributed by atoms with E-state index in [1.807, 2.05) is 11.3 Å². The number of aromatic nitrogens is 4. The highest BCUT2D eigenvalue weighted by atomic mass is 32.1. The van der Waals surface area contributed by atoms with Crippen LogP contribution >= 0.6 is 11.3 Å². The molecule has 0 aliphatic carbocycles. The van der Waals surface area contributed by atoms with Crippen LogP contribution in [0, 0.1) is 0 Å². The van der Waals surface area contributed by atoms with Crippen LogP contribution < -0.4 is 0 Å².